The minimum atomic E-state index is -0.379. The molecule has 0 fully saturated rings. The summed E-state index contributed by atoms with van der Waals surface area (Å²) in [5.41, 5.74) is 4.45. The van der Waals surface area contributed by atoms with Crippen LogP contribution < -0.4 is 24.4 Å². The van der Waals surface area contributed by atoms with Crippen molar-refractivity contribution in [3.05, 3.63) is 83.2 Å². The van der Waals surface area contributed by atoms with Crippen LogP contribution in [0.4, 0.5) is 4.39 Å². The van der Waals surface area contributed by atoms with Crippen molar-refractivity contribution in [2.75, 3.05) is 20.3 Å². The first-order chi connectivity index (χ1) is 17.0. The minimum Gasteiger partial charge on any atom is -0.493 e. The van der Waals surface area contributed by atoms with Crippen molar-refractivity contribution in [2.45, 2.75) is 26.9 Å². The van der Waals surface area contributed by atoms with Gasteiger partial charge in [-0.25, -0.2) is 9.82 Å². The first-order valence-electron chi connectivity index (χ1n) is 11.3. The molecule has 184 valence electrons. The van der Waals surface area contributed by atoms with Gasteiger partial charge in [-0.1, -0.05) is 19.1 Å². The van der Waals surface area contributed by atoms with Crippen molar-refractivity contribution in [3.63, 3.8) is 0 Å². The number of benzene rings is 3. The first kappa shape index (κ1) is 25.6. The summed E-state index contributed by atoms with van der Waals surface area (Å²) < 4.78 is 35.5. The summed E-state index contributed by atoms with van der Waals surface area (Å²) in [6.07, 6.45) is 2.38. The highest BCUT2D eigenvalue weighted by Gasteiger charge is 2.11. The average Bonchev–Trinajstić information content (AvgIpc) is 2.88. The van der Waals surface area contributed by atoms with Gasteiger partial charge in [0.15, 0.2) is 23.0 Å². The van der Waals surface area contributed by atoms with Gasteiger partial charge in [-0.3, -0.25) is 4.79 Å². The van der Waals surface area contributed by atoms with Gasteiger partial charge in [0, 0.05) is 5.56 Å². The van der Waals surface area contributed by atoms with Gasteiger partial charge in [0.25, 0.3) is 5.91 Å². The van der Waals surface area contributed by atoms with Crippen LogP contribution in [-0.4, -0.2) is 32.4 Å². The van der Waals surface area contributed by atoms with Gasteiger partial charge in [0.05, 0.1) is 26.5 Å². The van der Waals surface area contributed by atoms with Crippen LogP contribution in [0.15, 0.2) is 65.8 Å². The predicted octanol–water partition coefficient (Wildman–Crippen LogP) is 5.36. The molecule has 0 saturated heterocycles. The zero-order valence-electron chi connectivity index (χ0n) is 20.0. The van der Waals surface area contributed by atoms with Crippen LogP contribution in [0.1, 0.15) is 41.8 Å². The van der Waals surface area contributed by atoms with Gasteiger partial charge < -0.3 is 18.9 Å². The Labute approximate surface area is 204 Å². The second-order valence-corrected chi connectivity index (χ2v) is 7.47. The summed E-state index contributed by atoms with van der Waals surface area (Å²) in [4.78, 5) is 12.5. The molecule has 0 unspecified atom stereocenters. The van der Waals surface area contributed by atoms with E-state index in [0.717, 1.165) is 12.0 Å². The SMILES string of the molecule is CCCOc1ccc(C(=O)N/N=C/c2ccc(OCc3ccc(F)cc3)c(OC)c2)cc1OCC. The molecule has 7 nitrogen and oxygen atoms in total. The van der Waals surface area contributed by atoms with E-state index in [1.165, 1.54) is 25.5 Å². The average molecular weight is 481 g/mol. The number of hydrogen-bond acceptors (Lipinski definition) is 6. The molecule has 0 aliphatic heterocycles. The molecule has 3 aromatic carbocycles. The number of rotatable bonds is 12. The Morgan fingerprint density at radius 2 is 1.66 bits per heavy atom. The lowest BCUT2D eigenvalue weighted by molar-refractivity contribution is 0.0954. The maximum absolute atomic E-state index is 13.1. The van der Waals surface area contributed by atoms with Crippen LogP contribution in [0.5, 0.6) is 23.0 Å². The fraction of sp³-hybridized carbons (Fsp3) is 0.259. The number of carbonyl (C=O) groups is 1. The summed E-state index contributed by atoms with van der Waals surface area (Å²) in [5, 5.41) is 4.04. The highest BCUT2D eigenvalue weighted by atomic mass is 19.1. The topological polar surface area (TPSA) is 78.4 Å². The van der Waals surface area contributed by atoms with E-state index in [0.29, 0.717) is 47.3 Å². The maximum Gasteiger partial charge on any atom is 0.271 e. The van der Waals surface area contributed by atoms with Crippen molar-refractivity contribution >= 4 is 12.1 Å². The predicted molar refractivity (Wildman–Crippen MR) is 132 cm³/mol. The molecular weight excluding hydrogens is 451 g/mol. The van der Waals surface area contributed by atoms with Crippen LogP contribution in [0.25, 0.3) is 0 Å². The largest absolute Gasteiger partial charge is 0.493 e. The number of methoxy groups -OCH3 is 1. The van der Waals surface area contributed by atoms with Crippen molar-refractivity contribution in [1.29, 1.82) is 0 Å². The maximum atomic E-state index is 13.1. The number of amides is 1. The van der Waals surface area contributed by atoms with Crippen LogP contribution in [0.2, 0.25) is 0 Å². The molecule has 0 aliphatic rings. The third-order valence-electron chi connectivity index (χ3n) is 4.84. The third-order valence-corrected chi connectivity index (χ3v) is 4.84. The Kier molecular flexibility index (Phi) is 9.48. The molecule has 8 heteroatoms. The van der Waals surface area contributed by atoms with Gasteiger partial charge in [-0.05, 0) is 73.0 Å². The van der Waals surface area contributed by atoms with Crippen LogP contribution in [0.3, 0.4) is 0 Å². The second-order valence-electron chi connectivity index (χ2n) is 7.47. The van der Waals surface area contributed by atoms with Gasteiger partial charge in [0.2, 0.25) is 0 Å². The van der Waals surface area contributed by atoms with Crippen molar-refractivity contribution < 1.29 is 28.1 Å². The molecule has 35 heavy (non-hydrogen) atoms. The van der Waals surface area contributed by atoms with Crippen LogP contribution in [-0.2, 0) is 6.61 Å². The molecule has 3 rings (SSSR count). The number of nitrogens with one attached hydrogen (secondary N) is 1. The van der Waals surface area contributed by atoms with E-state index in [4.69, 9.17) is 18.9 Å². The molecular formula is C27H29FN2O5. The van der Waals surface area contributed by atoms with E-state index in [1.807, 2.05) is 13.8 Å². The Bertz CT molecular complexity index is 1150. The van der Waals surface area contributed by atoms with Gasteiger partial charge in [-0.15, -0.1) is 0 Å². The van der Waals surface area contributed by atoms with Crippen molar-refractivity contribution in [3.8, 4) is 23.0 Å². The summed E-state index contributed by atoms with van der Waals surface area (Å²) in [6, 6.07) is 16.4. The monoisotopic (exact) mass is 480 g/mol. The number of hydrogen-bond donors (Lipinski definition) is 1. The smallest absolute Gasteiger partial charge is 0.271 e. The summed E-state index contributed by atoms with van der Waals surface area (Å²) >= 11 is 0. The molecule has 0 bridgehead atoms. The Balaban J connectivity index is 1.62. The van der Waals surface area contributed by atoms with E-state index in [9.17, 15) is 9.18 Å². The standard InChI is InChI=1S/C27H29FN2O5/c1-4-14-34-24-13-9-21(16-26(24)33-5-2)27(31)30-29-17-20-8-12-23(25(15-20)32-3)35-18-19-6-10-22(28)11-7-19/h6-13,15-17H,4-5,14,18H2,1-3H3,(H,30,31)/b29-17+. The zero-order valence-corrected chi connectivity index (χ0v) is 20.0. The third kappa shape index (κ3) is 7.46. The van der Waals surface area contributed by atoms with Gasteiger partial charge >= 0.3 is 0 Å². The molecule has 1 N–H and O–H groups in total. The number of carbonyl (C=O) groups excluding carboxylic acids is 1. The first-order valence-corrected chi connectivity index (χ1v) is 11.3. The Morgan fingerprint density at radius 1 is 0.914 bits per heavy atom. The minimum absolute atomic E-state index is 0.270. The summed E-state index contributed by atoms with van der Waals surface area (Å²) in [5.74, 6) is 1.48. The quantitative estimate of drug-likeness (QED) is 0.279. The molecule has 0 spiro atoms. The lowest BCUT2D eigenvalue weighted by Gasteiger charge is -2.12. The Hall–Kier alpha value is -4.07. The van der Waals surface area contributed by atoms with Crippen molar-refractivity contribution in [2.24, 2.45) is 5.10 Å². The number of hydrazone groups is 1. The summed E-state index contributed by atoms with van der Waals surface area (Å²) in [7, 11) is 1.53. The highest BCUT2D eigenvalue weighted by molar-refractivity contribution is 5.95. The zero-order chi connectivity index (χ0) is 25.0. The molecule has 0 saturated carbocycles. The number of nitrogens with zero attached hydrogens (tertiary/aromatic N) is 1. The number of ether oxygens (including phenoxy) is 4. The van der Waals surface area contributed by atoms with Crippen molar-refractivity contribution in [1.82, 2.24) is 5.43 Å². The van der Waals surface area contributed by atoms with E-state index in [1.54, 1.807) is 48.5 Å². The molecule has 3 aromatic rings. The normalized spacial score (nSPS) is 10.7. The second kappa shape index (κ2) is 13.0. The van der Waals surface area contributed by atoms with E-state index >= 15 is 0 Å². The molecule has 0 aromatic heterocycles. The molecule has 0 aliphatic carbocycles. The van der Waals surface area contributed by atoms with Crippen LogP contribution >= 0.6 is 0 Å². The van der Waals surface area contributed by atoms with E-state index in [-0.39, 0.29) is 18.3 Å². The van der Waals surface area contributed by atoms with E-state index < -0.39 is 0 Å². The molecule has 0 heterocycles. The van der Waals surface area contributed by atoms with Crippen LogP contribution in [0, 0.1) is 5.82 Å². The lowest BCUT2D eigenvalue weighted by atomic mass is 10.2. The molecule has 0 radical (unpaired) electrons. The summed E-state index contributed by atoms with van der Waals surface area (Å²) in [6.45, 7) is 5.18. The van der Waals surface area contributed by atoms with E-state index in [2.05, 4.69) is 10.5 Å². The Morgan fingerprint density at radius 3 is 2.37 bits per heavy atom. The van der Waals surface area contributed by atoms with Gasteiger partial charge in [0.1, 0.15) is 12.4 Å². The molecule has 0 atom stereocenters. The number of halogens is 1. The fourth-order valence-electron chi connectivity index (χ4n) is 3.10. The lowest BCUT2D eigenvalue weighted by Crippen LogP contribution is -2.17. The molecule has 1 amide bonds. The fourth-order valence-corrected chi connectivity index (χ4v) is 3.10. The van der Waals surface area contributed by atoms with Gasteiger partial charge in [-0.2, -0.15) is 5.10 Å². The highest BCUT2D eigenvalue weighted by Crippen LogP contribution is 2.29.